The zero-order chi connectivity index (χ0) is 39.3. The number of amides is 3. The van der Waals surface area contributed by atoms with Crippen molar-refractivity contribution in [2.75, 3.05) is 39.8 Å². The maximum absolute atomic E-state index is 13.0. The second kappa shape index (κ2) is 29.0. The molecule has 1 heterocycles. The summed E-state index contributed by atoms with van der Waals surface area (Å²) < 4.78 is 5.69. The molecule has 0 aromatic rings. The molecule has 0 saturated carbocycles. The fourth-order valence-electron chi connectivity index (χ4n) is 5.07. The van der Waals surface area contributed by atoms with Crippen molar-refractivity contribution in [2.45, 2.75) is 95.6 Å². The Hall–Kier alpha value is -4.50. The molecule has 296 valence electrons. The average Bonchev–Trinajstić information content (AvgIpc) is 3.12. The number of nitrogens with two attached hydrogens (primary N) is 1. The molecule has 0 fully saturated rings. The first kappa shape index (κ1) is 46.5. The number of allylic oxidation sites excluding steroid dienone is 12. The van der Waals surface area contributed by atoms with Crippen LogP contribution in [0.15, 0.2) is 84.7 Å². The molecule has 0 aromatic heterocycles. The number of hydrogen-bond donors (Lipinski definition) is 9. The lowest BCUT2D eigenvalue weighted by atomic mass is 9.92. The number of ether oxygens (including phenoxy) is 1. The van der Waals surface area contributed by atoms with E-state index in [1.807, 2.05) is 18.0 Å². The SMILES string of the molecule is CC/C=C\C/C=C\C/C=C\C/C=C\C/C=C\C/C=C\CCC(=O)NCCN(C)CCNC(=O)C1=C[C@@H](NC(=N)N)[C@@H](NC(C)=O)C([C@H](O)[C@H](O)CO)O1. The van der Waals surface area contributed by atoms with Gasteiger partial charge in [-0.15, -0.1) is 0 Å². The van der Waals surface area contributed by atoms with Crippen LogP contribution in [0.4, 0.5) is 0 Å². The number of nitrogens with zero attached hydrogens (tertiary/aromatic N) is 1. The zero-order valence-corrected chi connectivity index (χ0v) is 31.6. The quantitative estimate of drug-likeness (QED) is 0.0356. The van der Waals surface area contributed by atoms with Gasteiger partial charge in [0.2, 0.25) is 11.8 Å². The Morgan fingerprint density at radius 1 is 0.868 bits per heavy atom. The highest BCUT2D eigenvalue weighted by Crippen LogP contribution is 2.23. The van der Waals surface area contributed by atoms with Crippen molar-refractivity contribution in [3.05, 3.63) is 84.7 Å². The number of guanidine groups is 1. The van der Waals surface area contributed by atoms with Gasteiger partial charge in [-0.2, -0.15) is 0 Å². The van der Waals surface area contributed by atoms with E-state index < -0.39 is 54.8 Å². The first-order valence-electron chi connectivity index (χ1n) is 18.4. The Morgan fingerprint density at radius 2 is 1.38 bits per heavy atom. The van der Waals surface area contributed by atoms with Crippen LogP contribution in [0.2, 0.25) is 0 Å². The molecule has 14 nitrogen and oxygen atoms in total. The Bertz CT molecular complexity index is 1310. The van der Waals surface area contributed by atoms with Crippen LogP contribution < -0.4 is 27.0 Å². The molecule has 0 aliphatic carbocycles. The third-order valence-electron chi connectivity index (χ3n) is 7.90. The molecular weight excluding hydrogens is 678 g/mol. The summed E-state index contributed by atoms with van der Waals surface area (Å²) in [4.78, 5) is 39.0. The summed E-state index contributed by atoms with van der Waals surface area (Å²) >= 11 is 0. The van der Waals surface area contributed by atoms with E-state index in [9.17, 15) is 29.7 Å². The van der Waals surface area contributed by atoms with Crippen molar-refractivity contribution in [1.82, 2.24) is 26.2 Å². The van der Waals surface area contributed by atoms with Crippen molar-refractivity contribution in [1.29, 1.82) is 5.41 Å². The standard InChI is InChI=1S/C39H63N7O7/c1-4-5-6-7-8-9-10-11-12-13-14-15-16-17-18-19-20-21-22-23-34(50)42-24-26-46(3)27-25-43-38(52)33-28-31(45-39(40)41)35(44-30(2)48)37(53-33)36(51)32(49)29-47/h5-6,8-9,11-12,14-15,17-18,20-21,28,31-32,35-37,47,49,51H,4,7,10,13,16,19,22-27,29H2,1-3H3,(H,42,50)(H,43,52)(H,44,48)(H4,40,41,45)/b6-5-,9-8-,12-11-,15-14-,18-17-,21-20-/t31-,32-,35-,36-,37?/m1/s1. The molecular formula is C39H63N7O7. The number of aliphatic hydroxyl groups excluding tert-OH is 3. The second-order valence-electron chi connectivity index (χ2n) is 12.5. The predicted octanol–water partition coefficient (Wildman–Crippen LogP) is 1.98. The Morgan fingerprint density at radius 3 is 1.87 bits per heavy atom. The molecule has 10 N–H and O–H groups in total. The lowest BCUT2D eigenvalue weighted by Gasteiger charge is -2.40. The average molecular weight is 742 g/mol. The molecule has 53 heavy (non-hydrogen) atoms. The number of hydrogen-bond acceptors (Lipinski definition) is 9. The van der Waals surface area contributed by atoms with Gasteiger partial charge in [0.1, 0.15) is 18.3 Å². The number of likely N-dealkylation sites (N-methyl/N-ethyl adjacent to an activating group) is 1. The largest absolute Gasteiger partial charge is 0.480 e. The highest BCUT2D eigenvalue weighted by Gasteiger charge is 2.43. The maximum atomic E-state index is 13.0. The minimum atomic E-state index is -1.68. The van der Waals surface area contributed by atoms with E-state index in [4.69, 9.17) is 15.9 Å². The minimum absolute atomic E-state index is 0.0398. The fraction of sp³-hybridized carbons (Fsp3) is 0.538. The van der Waals surface area contributed by atoms with Gasteiger partial charge in [-0.1, -0.05) is 79.8 Å². The molecule has 0 radical (unpaired) electrons. The van der Waals surface area contributed by atoms with Gasteiger partial charge < -0.3 is 52.0 Å². The van der Waals surface area contributed by atoms with Crippen LogP contribution in [0.1, 0.15) is 65.2 Å². The fourth-order valence-corrected chi connectivity index (χ4v) is 5.07. The number of carbonyl (C=O) groups is 3. The predicted molar refractivity (Wildman–Crippen MR) is 209 cm³/mol. The number of aliphatic hydroxyl groups is 3. The van der Waals surface area contributed by atoms with E-state index in [1.165, 1.54) is 13.0 Å². The molecule has 5 atom stereocenters. The summed E-state index contributed by atoms with van der Waals surface area (Å²) in [7, 11) is 1.85. The van der Waals surface area contributed by atoms with Crippen LogP contribution in [-0.4, -0.2) is 114 Å². The summed E-state index contributed by atoms with van der Waals surface area (Å²) in [5.41, 5.74) is 5.50. The molecule has 14 heteroatoms. The van der Waals surface area contributed by atoms with Gasteiger partial charge in [-0.05, 0) is 58.1 Å². The van der Waals surface area contributed by atoms with Crippen molar-refractivity contribution in [2.24, 2.45) is 5.73 Å². The van der Waals surface area contributed by atoms with Gasteiger partial charge in [-0.3, -0.25) is 19.8 Å². The van der Waals surface area contributed by atoms with Crippen LogP contribution in [0.5, 0.6) is 0 Å². The van der Waals surface area contributed by atoms with Crippen molar-refractivity contribution in [3.63, 3.8) is 0 Å². The van der Waals surface area contributed by atoms with E-state index in [2.05, 4.69) is 95.0 Å². The van der Waals surface area contributed by atoms with Crippen LogP contribution >= 0.6 is 0 Å². The number of carbonyl (C=O) groups excluding carboxylic acids is 3. The molecule has 3 amide bonds. The second-order valence-corrected chi connectivity index (χ2v) is 12.5. The van der Waals surface area contributed by atoms with Crippen LogP contribution in [0.25, 0.3) is 0 Å². The topological polar surface area (TPSA) is 222 Å². The van der Waals surface area contributed by atoms with Gasteiger partial charge in [-0.25, -0.2) is 0 Å². The number of rotatable bonds is 26. The van der Waals surface area contributed by atoms with Gasteiger partial charge in [0.25, 0.3) is 5.91 Å². The summed E-state index contributed by atoms with van der Waals surface area (Å²) in [6.45, 7) is 4.25. The zero-order valence-electron chi connectivity index (χ0n) is 31.6. The van der Waals surface area contributed by atoms with Gasteiger partial charge in [0.15, 0.2) is 11.7 Å². The molecule has 1 aliphatic heterocycles. The summed E-state index contributed by atoms with van der Waals surface area (Å²) in [6.07, 6.45) is 29.2. The molecule has 0 aromatic carbocycles. The van der Waals surface area contributed by atoms with Crippen LogP contribution in [0, 0.1) is 5.41 Å². The van der Waals surface area contributed by atoms with Gasteiger partial charge >= 0.3 is 0 Å². The first-order chi connectivity index (χ1) is 25.5. The molecule has 1 aliphatic rings. The number of nitrogens with one attached hydrogen (secondary N) is 5. The van der Waals surface area contributed by atoms with Crippen molar-refractivity contribution in [3.8, 4) is 0 Å². The van der Waals surface area contributed by atoms with Crippen LogP contribution in [0.3, 0.4) is 0 Å². The first-order valence-corrected chi connectivity index (χ1v) is 18.4. The van der Waals surface area contributed by atoms with Crippen molar-refractivity contribution < 1.29 is 34.4 Å². The normalized spacial score (nSPS) is 19.0. The Labute approximate surface area is 315 Å². The monoisotopic (exact) mass is 741 g/mol. The molecule has 0 bridgehead atoms. The molecule has 0 spiro atoms. The highest BCUT2D eigenvalue weighted by atomic mass is 16.5. The van der Waals surface area contributed by atoms with Crippen LogP contribution in [-0.2, 0) is 19.1 Å². The van der Waals surface area contributed by atoms with E-state index in [0.717, 1.165) is 38.5 Å². The lowest BCUT2D eigenvalue weighted by molar-refractivity contribution is -0.134. The van der Waals surface area contributed by atoms with E-state index in [-0.39, 0.29) is 18.2 Å². The van der Waals surface area contributed by atoms with Gasteiger partial charge in [0, 0.05) is 39.5 Å². The smallest absolute Gasteiger partial charge is 0.286 e. The summed E-state index contributed by atoms with van der Waals surface area (Å²) in [5.74, 6) is -1.84. The van der Waals surface area contributed by atoms with E-state index in [1.54, 1.807) is 0 Å². The molecule has 0 saturated heterocycles. The van der Waals surface area contributed by atoms with E-state index in [0.29, 0.717) is 32.5 Å². The minimum Gasteiger partial charge on any atom is -0.480 e. The third-order valence-corrected chi connectivity index (χ3v) is 7.90. The third kappa shape index (κ3) is 22.2. The highest BCUT2D eigenvalue weighted by molar-refractivity contribution is 5.92. The van der Waals surface area contributed by atoms with Gasteiger partial charge in [0.05, 0.1) is 18.7 Å². The molecule has 1 rings (SSSR count). The Balaban J connectivity index is 2.32. The Kier molecular flexibility index (Phi) is 25.5. The maximum Gasteiger partial charge on any atom is 0.286 e. The summed E-state index contributed by atoms with van der Waals surface area (Å²) in [5, 5.41) is 48.4. The molecule has 1 unspecified atom stereocenters. The lowest BCUT2D eigenvalue weighted by Crippen LogP contribution is -2.64. The van der Waals surface area contributed by atoms with Crippen molar-refractivity contribution >= 4 is 23.7 Å². The van der Waals surface area contributed by atoms with E-state index >= 15 is 0 Å². The summed E-state index contributed by atoms with van der Waals surface area (Å²) in [6, 6.07) is -1.97.